The van der Waals surface area contributed by atoms with E-state index in [1.165, 1.54) is 12.1 Å². The van der Waals surface area contributed by atoms with Gasteiger partial charge in [-0.05, 0) is 36.2 Å². The lowest BCUT2D eigenvalue weighted by molar-refractivity contribution is -0.137. The van der Waals surface area contributed by atoms with E-state index in [1.54, 1.807) is 0 Å². The molecular weight excluding hydrogens is 331 g/mol. The van der Waals surface area contributed by atoms with E-state index in [9.17, 15) is 26.7 Å². The van der Waals surface area contributed by atoms with Crippen LogP contribution < -0.4 is 10.6 Å². The summed E-state index contributed by atoms with van der Waals surface area (Å²) in [5.74, 6) is -1.67. The standard InChI is InChI=1S/C16H13F5N2O/c17-12-5-6-14(13(18)9-12)23-15(24)22-8-7-10-1-3-11(4-2-10)16(19,20)21/h1-6,9H,7-8H2,(H2,22,23,24). The van der Waals surface area contributed by atoms with Crippen LogP contribution in [0.1, 0.15) is 11.1 Å². The van der Waals surface area contributed by atoms with Crippen molar-refractivity contribution in [1.82, 2.24) is 5.32 Å². The number of carbonyl (C=O) groups is 1. The van der Waals surface area contributed by atoms with Gasteiger partial charge in [0, 0.05) is 12.6 Å². The molecule has 0 atom stereocenters. The molecule has 0 spiro atoms. The Hall–Kier alpha value is -2.64. The fourth-order valence-electron chi connectivity index (χ4n) is 1.94. The Labute approximate surface area is 134 Å². The largest absolute Gasteiger partial charge is 0.416 e. The molecule has 0 unspecified atom stereocenters. The third-order valence-electron chi connectivity index (χ3n) is 3.16. The predicted octanol–water partition coefficient (Wildman–Crippen LogP) is 4.35. The topological polar surface area (TPSA) is 41.1 Å². The van der Waals surface area contributed by atoms with Crippen molar-refractivity contribution in [2.45, 2.75) is 12.6 Å². The third-order valence-corrected chi connectivity index (χ3v) is 3.16. The molecule has 0 saturated heterocycles. The fraction of sp³-hybridized carbons (Fsp3) is 0.188. The van der Waals surface area contributed by atoms with Crippen LogP contribution in [0.2, 0.25) is 0 Å². The van der Waals surface area contributed by atoms with Gasteiger partial charge in [0.1, 0.15) is 11.6 Å². The Morgan fingerprint density at radius 3 is 2.25 bits per heavy atom. The zero-order chi connectivity index (χ0) is 17.7. The average Bonchev–Trinajstić information content (AvgIpc) is 2.50. The van der Waals surface area contributed by atoms with E-state index in [1.807, 2.05) is 0 Å². The van der Waals surface area contributed by atoms with Crippen LogP contribution in [0.15, 0.2) is 42.5 Å². The Balaban J connectivity index is 1.82. The van der Waals surface area contributed by atoms with Crippen LogP contribution in [-0.2, 0) is 12.6 Å². The number of benzene rings is 2. The molecule has 0 heterocycles. The van der Waals surface area contributed by atoms with Crippen LogP contribution >= 0.6 is 0 Å². The van der Waals surface area contributed by atoms with Gasteiger partial charge in [-0.2, -0.15) is 13.2 Å². The van der Waals surface area contributed by atoms with Crippen molar-refractivity contribution in [3.63, 3.8) is 0 Å². The first-order valence-electron chi connectivity index (χ1n) is 6.92. The van der Waals surface area contributed by atoms with Gasteiger partial charge in [-0.3, -0.25) is 0 Å². The van der Waals surface area contributed by atoms with Gasteiger partial charge in [-0.25, -0.2) is 13.6 Å². The molecule has 0 saturated carbocycles. The number of anilines is 1. The SMILES string of the molecule is O=C(NCCc1ccc(C(F)(F)F)cc1)Nc1ccc(F)cc1F. The Bertz CT molecular complexity index is 713. The number of hydrogen-bond acceptors (Lipinski definition) is 1. The summed E-state index contributed by atoms with van der Waals surface area (Å²) in [6.07, 6.45) is -4.09. The molecule has 2 aromatic rings. The molecule has 0 aliphatic carbocycles. The molecule has 2 amide bonds. The van der Waals surface area contributed by atoms with E-state index < -0.39 is 29.4 Å². The number of amides is 2. The first-order valence-corrected chi connectivity index (χ1v) is 6.92. The van der Waals surface area contributed by atoms with Gasteiger partial charge >= 0.3 is 12.2 Å². The van der Waals surface area contributed by atoms with E-state index in [-0.39, 0.29) is 12.2 Å². The second kappa shape index (κ2) is 7.29. The lowest BCUT2D eigenvalue weighted by Gasteiger charge is -2.09. The average molecular weight is 344 g/mol. The van der Waals surface area contributed by atoms with Crippen LogP contribution in [0.5, 0.6) is 0 Å². The van der Waals surface area contributed by atoms with E-state index in [0.717, 1.165) is 24.3 Å². The quantitative estimate of drug-likeness (QED) is 0.796. The minimum atomic E-state index is -4.39. The van der Waals surface area contributed by atoms with Crippen molar-refractivity contribution < 1.29 is 26.7 Å². The maximum absolute atomic E-state index is 13.4. The van der Waals surface area contributed by atoms with Gasteiger partial charge in [0.25, 0.3) is 0 Å². The van der Waals surface area contributed by atoms with E-state index >= 15 is 0 Å². The van der Waals surface area contributed by atoms with Crippen LogP contribution in [0.25, 0.3) is 0 Å². The van der Waals surface area contributed by atoms with Gasteiger partial charge in [-0.1, -0.05) is 12.1 Å². The van der Waals surface area contributed by atoms with E-state index in [0.29, 0.717) is 18.1 Å². The Morgan fingerprint density at radius 1 is 1.00 bits per heavy atom. The van der Waals surface area contributed by atoms with Gasteiger partial charge in [-0.15, -0.1) is 0 Å². The summed E-state index contributed by atoms with van der Waals surface area (Å²) < 4.78 is 63.4. The molecule has 0 fully saturated rings. The van der Waals surface area contributed by atoms with E-state index in [4.69, 9.17) is 0 Å². The molecule has 8 heteroatoms. The van der Waals surface area contributed by atoms with Crippen molar-refractivity contribution in [1.29, 1.82) is 0 Å². The number of hydrogen-bond donors (Lipinski definition) is 2. The summed E-state index contributed by atoms with van der Waals surface area (Å²) >= 11 is 0. The van der Waals surface area contributed by atoms with Crippen LogP contribution in [0.3, 0.4) is 0 Å². The van der Waals surface area contributed by atoms with Crippen molar-refractivity contribution >= 4 is 11.7 Å². The highest BCUT2D eigenvalue weighted by Crippen LogP contribution is 2.29. The van der Waals surface area contributed by atoms with E-state index in [2.05, 4.69) is 10.6 Å². The van der Waals surface area contributed by atoms with Gasteiger partial charge in [0.05, 0.1) is 11.3 Å². The first kappa shape index (κ1) is 17.7. The molecule has 24 heavy (non-hydrogen) atoms. The van der Waals surface area contributed by atoms with Crippen molar-refractivity contribution in [2.24, 2.45) is 0 Å². The van der Waals surface area contributed by atoms with Gasteiger partial charge in [0.15, 0.2) is 0 Å². The molecule has 2 rings (SSSR count). The summed E-state index contributed by atoms with van der Waals surface area (Å²) in [6.45, 7) is 0.139. The normalized spacial score (nSPS) is 11.2. The molecule has 0 aromatic heterocycles. The van der Waals surface area contributed by atoms with Gasteiger partial charge in [0.2, 0.25) is 0 Å². The maximum atomic E-state index is 13.4. The summed E-state index contributed by atoms with van der Waals surface area (Å²) in [6, 6.07) is 6.59. The molecule has 2 aromatic carbocycles. The maximum Gasteiger partial charge on any atom is 0.416 e. The highest BCUT2D eigenvalue weighted by Gasteiger charge is 2.29. The molecule has 3 nitrogen and oxygen atoms in total. The predicted molar refractivity (Wildman–Crippen MR) is 78.5 cm³/mol. The minimum Gasteiger partial charge on any atom is -0.338 e. The number of halogens is 5. The second-order valence-corrected chi connectivity index (χ2v) is 4.95. The van der Waals surface area contributed by atoms with Crippen LogP contribution in [-0.4, -0.2) is 12.6 Å². The highest BCUT2D eigenvalue weighted by molar-refractivity contribution is 5.89. The Morgan fingerprint density at radius 2 is 1.67 bits per heavy atom. The molecule has 0 radical (unpaired) electrons. The minimum absolute atomic E-state index is 0.139. The highest BCUT2D eigenvalue weighted by atomic mass is 19.4. The Kier molecular flexibility index (Phi) is 5.38. The first-order chi connectivity index (χ1) is 11.3. The number of alkyl halides is 3. The summed E-state index contributed by atoms with van der Waals surface area (Å²) in [5.41, 5.74) is -0.316. The molecule has 0 aliphatic heterocycles. The lowest BCUT2D eigenvalue weighted by Crippen LogP contribution is -2.30. The van der Waals surface area contributed by atoms with Crippen LogP contribution in [0.4, 0.5) is 32.4 Å². The number of rotatable bonds is 4. The smallest absolute Gasteiger partial charge is 0.338 e. The van der Waals surface area contributed by atoms with Crippen molar-refractivity contribution in [2.75, 3.05) is 11.9 Å². The summed E-state index contributed by atoms with van der Waals surface area (Å²) in [5, 5.41) is 4.65. The van der Waals surface area contributed by atoms with Crippen molar-refractivity contribution in [3.8, 4) is 0 Å². The zero-order valence-electron chi connectivity index (χ0n) is 12.3. The van der Waals surface area contributed by atoms with Gasteiger partial charge < -0.3 is 10.6 Å². The number of urea groups is 1. The summed E-state index contributed by atoms with van der Waals surface area (Å²) in [4.78, 5) is 11.6. The molecule has 0 bridgehead atoms. The monoisotopic (exact) mass is 344 g/mol. The molecule has 128 valence electrons. The molecular formula is C16H13F5N2O. The lowest BCUT2D eigenvalue weighted by atomic mass is 10.1. The second-order valence-electron chi connectivity index (χ2n) is 4.95. The van der Waals surface area contributed by atoms with Crippen molar-refractivity contribution in [3.05, 3.63) is 65.2 Å². The third kappa shape index (κ3) is 4.94. The molecule has 0 aliphatic rings. The molecule has 2 N–H and O–H groups in total. The number of nitrogens with one attached hydrogen (secondary N) is 2. The zero-order valence-corrected chi connectivity index (χ0v) is 12.3. The number of carbonyl (C=O) groups excluding carboxylic acids is 1. The summed E-state index contributed by atoms with van der Waals surface area (Å²) in [7, 11) is 0. The fourth-order valence-corrected chi connectivity index (χ4v) is 1.94. The van der Waals surface area contributed by atoms with Crippen LogP contribution in [0, 0.1) is 11.6 Å².